The summed E-state index contributed by atoms with van der Waals surface area (Å²) in [5, 5.41) is 7.13. The lowest BCUT2D eigenvalue weighted by molar-refractivity contribution is -0.121. The Balaban J connectivity index is 1.87. The molecule has 0 saturated carbocycles. The monoisotopic (exact) mass is 353 g/mol. The minimum Gasteiger partial charge on any atom is -0.354 e. The predicted molar refractivity (Wildman–Crippen MR) is 99.9 cm³/mol. The minimum absolute atomic E-state index is 0.0985. The number of nitrogens with zero attached hydrogens (tertiary/aromatic N) is 4. The zero-order valence-electron chi connectivity index (χ0n) is 15.3. The van der Waals surface area contributed by atoms with Crippen molar-refractivity contribution in [1.29, 1.82) is 0 Å². The van der Waals surface area contributed by atoms with Gasteiger partial charge in [0, 0.05) is 18.2 Å². The van der Waals surface area contributed by atoms with Gasteiger partial charge in [0.05, 0.1) is 5.69 Å². The van der Waals surface area contributed by atoms with E-state index in [1.54, 1.807) is 13.0 Å². The highest BCUT2D eigenvalue weighted by atomic mass is 16.2. The number of fused-ring (bicyclic) bond motifs is 1. The summed E-state index contributed by atoms with van der Waals surface area (Å²) in [4.78, 5) is 29.1. The Hall–Kier alpha value is -2.96. The summed E-state index contributed by atoms with van der Waals surface area (Å²) in [5.41, 5.74) is 1.82. The first-order chi connectivity index (χ1) is 12.5. The second-order valence-corrected chi connectivity index (χ2v) is 6.72. The molecule has 0 bridgehead atoms. The van der Waals surface area contributed by atoms with E-state index in [4.69, 9.17) is 0 Å². The first kappa shape index (κ1) is 17.8. The molecule has 136 valence electrons. The van der Waals surface area contributed by atoms with Crippen molar-refractivity contribution in [2.45, 2.75) is 33.7 Å². The van der Waals surface area contributed by atoms with Gasteiger partial charge in [0.2, 0.25) is 5.91 Å². The van der Waals surface area contributed by atoms with Gasteiger partial charge in [0.15, 0.2) is 5.65 Å². The molecule has 2 aromatic heterocycles. The van der Waals surface area contributed by atoms with Crippen molar-refractivity contribution in [2.75, 3.05) is 6.54 Å². The molecule has 7 nitrogen and oxygen atoms in total. The van der Waals surface area contributed by atoms with E-state index >= 15 is 0 Å². The molecule has 1 aromatic carbocycles. The van der Waals surface area contributed by atoms with Crippen LogP contribution in [0.1, 0.15) is 26.1 Å². The van der Waals surface area contributed by atoms with Crippen molar-refractivity contribution in [3.63, 3.8) is 0 Å². The summed E-state index contributed by atoms with van der Waals surface area (Å²) < 4.78 is 2.61. The van der Waals surface area contributed by atoms with Crippen LogP contribution in [0.4, 0.5) is 0 Å². The van der Waals surface area contributed by atoms with Gasteiger partial charge in [-0.1, -0.05) is 44.2 Å². The van der Waals surface area contributed by atoms with Crippen LogP contribution >= 0.6 is 0 Å². The van der Waals surface area contributed by atoms with Crippen molar-refractivity contribution in [3.8, 4) is 11.3 Å². The van der Waals surface area contributed by atoms with Crippen LogP contribution in [-0.2, 0) is 11.3 Å². The Kier molecular flexibility index (Phi) is 5.16. The third kappa shape index (κ3) is 3.82. The van der Waals surface area contributed by atoms with Crippen LogP contribution < -0.4 is 11.0 Å². The van der Waals surface area contributed by atoms with Crippen molar-refractivity contribution in [2.24, 2.45) is 5.92 Å². The van der Waals surface area contributed by atoms with Crippen LogP contribution in [0.5, 0.6) is 0 Å². The summed E-state index contributed by atoms with van der Waals surface area (Å²) in [6.45, 7) is 6.45. The molecule has 0 fully saturated rings. The predicted octanol–water partition coefficient (Wildman–Crippen LogP) is 2.03. The van der Waals surface area contributed by atoms with E-state index < -0.39 is 0 Å². The first-order valence-electron chi connectivity index (χ1n) is 8.75. The highest BCUT2D eigenvalue weighted by molar-refractivity contribution is 5.75. The number of amides is 1. The minimum atomic E-state index is -0.358. The topological polar surface area (TPSA) is 81.3 Å². The van der Waals surface area contributed by atoms with Crippen molar-refractivity contribution in [3.05, 3.63) is 52.7 Å². The number of benzene rings is 1. The van der Waals surface area contributed by atoms with Crippen LogP contribution in [-0.4, -0.2) is 31.6 Å². The average Bonchev–Trinajstić information content (AvgIpc) is 2.91. The van der Waals surface area contributed by atoms with E-state index in [9.17, 15) is 9.59 Å². The normalized spacial score (nSPS) is 11.2. The van der Waals surface area contributed by atoms with Gasteiger partial charge in [-0.05, 0) is 19.3 Å². The van der Waals surface area contributed by atoms with Gasteiger partial charge in [-0.2, -0.15) is 0 Å². The third-order valence-electron chi connectivity index (χ3n) is 4.14. The SMILES string of the molecule is Cc1nc(-c2ccccc2)cc2nn(CC(=O)NCCC(C)C)c(=O)n12. The number of hydrogen-bond donors (Lipinski definition) is 1. The lowest BCUT2D eigenvalue weighted by Gasteiger charge is -2.06. The van der Waals surface area contributed by atoms with Gasteiger partial charge in [0.1, 0.15) is 12.4 Å². The van der Waals surface area contributed by atoms with Crippen LogP contribution in [0, 0.1) is 12.8 Å². The van der Waals surface area contributed by atoms with Gasteiger partial charge in [-0.3, -0.25) is 4.79 Å². The highest BCUT2D eigenvalue weighted by Crippen LogP contribution is 2.17. The molecule has 1 amide bonds. The molecular formula is C19H23N5O2. The molecule has 26 heavy (non-hydrogen) atoms. The molecule has 0 unspecified atom stereocenters. The van der Waals surface area contributed by atoms with Crippen LogP contribution in [0.2, 0.25) is 0 Å². The van der Waals surface area contributed by atoms with Crippen LogP contribution in [0.25, 0.3) is 16.9 Å². The van der Waals surface area contributed by atoms with Crippen LogP contribution in [0.3, 0.4) is 0 Å². The average molecular weight is 353 g/mol. The fraction of sp³-hybridized carbons (Fsp3) is 0.368. The molecule has 2 heterocycles. The van der Waals surface area contributed by atoms with Crippen molar-refractivity contribution < 1.29 is 4.79 Å². The van der Waals surface area contributed by atoms with E-state index in [1.165, 1.54) is 9.08 Å². The van der Waals surface area contributed by atoms with Gasteiger partial charge in [-0.15, -0.1) is 5.10 Å². The summed E-state index contributed by atoms with van der Waals surface area (Å²) in [6.07, 6.45) is 0.898. The fourth-order valence-corrected chi connectivity index (χ4v) is 2.75. The number of aryl methyl sites for hydroxylation is 1. The standard InChI is InChI=1S/C19H23N5O2/c1-13(2)9-10-20-18(25)12-23-19(26)24-14(3)21-16(11-17(24)22-23)15-7-5-4-6-8-15/h4-8,11,13H,9-10,12H2,1-3H3,(H,20,25). The first-order valence-corrected chi connectivity index (χ1v) is 8.75. The van der Waals surface area contributed by atoms with E-state index in [1.807, 2.05) is 30.3 Å². The molecule has 1 N–H and O–H groups in total. The molecule has 0 aliphatic heterocycles. The van der Waals surface area contributed by atoms with Gasteiger partial charge >= 0.3 is 5.69 Å². The summed E-state index contributed by atoms with van der Waals surface area (Å²) in [6, 6.07) is 11.5. The molecule has 0 atom stereocenters. The molecular weight excluding hydrogens is 330 g/mol. The lowest BCUT2D eigenvalue weighted by atomic mass is 10.1. The Morgan fingerprint density at radius 3 is 2.65 bits per heavy atom. The fourth-order valence-electron chi connectivity index (χ4n) is 2.75. The number of rotatable bonds is 6. The van der Waals surface area contributed by atoms with Gasteiger partial charge in [-0.25, -0.2) is 18.9 Å². The Labute approximate surface area is 151 Å². The Morgan fingerprint density at radius 2 is 1.96 bits per heavy atom. The second-order valence-electron chi connectivity index (χ2n) is 6.72. The molecule has 0 spiro atoms. The van der Waals surface area contributed by atoms with Crippen molar-refractivity contribution in [1.82, 2.24) is 24.5 Å². The summed E-state index contributed by atoms with van der Waals surface area (Å²) >= 11 is 0. The number of carbonyl (C=O) groups is 1. The van der Waals surface area contributed by atoms with E-state index in [0.29, 0.717) is 23.9 Å². The summed E-state index contributed by atoms with van der Waals surface area (Å²) in [7, 11) is 0. The van der Waals surface area contributed by atoms with Gasteiger partial charge in [0.25, 0.3) is 0 Å². The maximum absolute atomic E-state index is 12.6. The molecule has 7 heteroatoms. The highest BCUT2D eigenvalue weighted by Gasteiger charge is 2.14. The lowest BCUT2D eigenvalue weighted by Crippen LogP contribution is -2.33. The second kappa shape index (κ2) is 7.51. The molecule has 0 saturated heterocycles. The number of aromatic nitrogens is 4. The van der Waals surface area contributed by atoms with Crippen LogP contribution in [0.15, 0.2) is 41.2 Å². The molecule has 3 aromatic rings. The smallest absolute Gasteiger partial charge is 0.352 e. The quantitative estimate of drug-likeness (QED) is 0.735. The molecule has 0 aliphatic carbocycles. The Morgan fingerprint density at radius 1 is 1.23 bits per heavy atom. The van der Waals surface area contributed by atoms with Gasteiger partial charge < -0.3 is 5.32 Å². The summed E-state index contributed by atoms with van der Waals surface area (Å²) in [5.74, 6) is 0.834. The number of nitrogens with one attached hydrogen (secondary N) is 1. The largest absolute Gasteiger partial charge is 0.354 e. The third-order valence-corrected chi connectivity index (χ3v) is 4.14. The zero-order chi connectivity index (χ0) is 18.7. The maximum Gasteiger partial charge on any atom is 0.352 e. The van der Waals surface area contributed by atoms with E-state index in [0.717, 1.165) is 17.7 Å². The molecule has 0 radical (unpaired) electrons. The van der Waals surface area contributed by atoms with E-state index in [-0.39, 0.29) is 18.1 Å². The van der Waals surface area contributed by atoms with Crippen molar-refractivity contribution >= 4 is 11.6 Å². The zero-order valence-corrected chi connectivity index (χ0v) is 15.3. The Bertz CT molecular complexity index is 973. The molecule has 3 rings (SSSR count). The number of hydrogen-bond acceptors (Lipinski definition) is 4. The number of carbonyl (C=O) groups excluding carboxylic acids is 1. The van der Waals surface area contributed by atoms with E-state index in [2.05, 4.69) is 29.2 Å². The molecule has 0 aliphatic rings. The maximum atomic E-state index is 12.6.